The van der Waals surface area contributed by atoms with Gasteiger partial charge in [-0.15, -0.1) is 0 Å². The van der Waals surface area contributed by atoms with Gasteiger partial charge in [-0.3, -0.25) is 33.0 Å². The van der Waals surface area contributed by atoms with Crippen molar-refractivity contribution in [3.8, 4) is 5.75 Å². The molecule has 6 rings (SSSR count). The number of aryl methyl sites for hydroxylation is 1. The second-order valence-electron chi connectivity index (χ2n) is 10.6. The van der Waals surface area contributed by atoms with E-state index >= 15 is 0 Å². The maximum atomic E-state index is 13.5. The lowest BCUT2D eigenvalue weighted by molar-refractivity contribution is -0.123. The summed E-state index contributed by atoms with van der Waals surface area (Å²) in [5, 5.41) is 0. The number of amides is 2. The molecule has 2 aromatic carbocycles. The fraction of sp³-hybridized carbons (Fsp3) is 0.367. The molecule has 1 atom stereocenters. The van der Waals surface area contributed by atoms with Gasteiger partial charge in [-0.25, -0.2) is 9.69 Å². The molecule has 0 spiro atoms. The minimum atomic E-state index is -0.564. The van der Waals surface area contributed by atoms with Crippen LogP contribution in [-0.4, -0.2) is 74.2 Å². The average Bonchev–Trinajstić information content (AvgIpc) is 3.52. The summed E-state index contributed by atoms with van der Waals surface area (Å²) in [5.74, 6) is 0.592. The highest BCUT2D eigenvalue weighted by molar-refractivity contribution is 6.23. The van der Waals surface area contributed by atoms with Gasteiger partial charge in [0.2, 0.25) is 11.9 Å². The van der Waals surface area contributed by atoms with Gasteiger partial charge in [0.1, 0.15) is 5.75 Å². The van der Waals surface area contributed by atoms with Crippen LogP contribution >= 0.6 is 0 Å². The minimum Gasteiger partial charge on any atom is -0.492 e. The Hall–Kier alpha value is -4.71. The van der Waals surface area contributed by atoms with Crippen molar-refractivity contribution in [3.63, 3.8) is 0 Å². The molecule has 2 saturated heterocycles. The van der Waals surface area contributed by atoms with Crippen molar-refractivity contribution in [1.82, 2.24) is 23.6 Å². The fourth-order valence-electron chi connectivity index (χ4n) is 5.90. The third-order valence-electron chi connectivity index (χ3n) is 8.08. The lowest BCUT2D eigenvalue weighted by Crippen LogP contribution is -2.53. The molecule has 12 heteroatoms. The molecule has 4 aromatic rings. The molecule has 2 aliphatic heterocycles. The summed E-state index contributed by atoms with van der Waals surface area (Å²) in [6.07, 6.45) is 0.101. The van der Waals surface area contributed by atoms with E-state index in [0.29, 0.717) is 67.9 Å². The minimum absolute atomic E-state index is 0.101. The normalized spacial score (nSPS) is 17.9. The van der Waals surface area contributed by atoms with Gasteiger partial charge in [-0.05, 0) is 24.6 Å². The van der Waals surface area contributed by atoms with E-state index < -0.39 is 17.3 Å². The number of rotatable bonds is 7. The lowest BCUT2D eigenvalue weighted by atomic mass is 10.1. The molecule has 0 saturated carbocycles. The molecular formula is C30H33N7O5. The van der Waals surface area contributed by atoms with E-state index in [-0.39, 0.29) is 18.2 Å². The van der Waals surface area contributed by atoms with Gasteiger partial charge in [0.05, 0.1) is 31.3 Å². The van der Waals surface area contributed by atoms with Gasteiger partial charge in [0.15, 0.2) is 11.2 Å². The Morgan fingerprint density at radius 3 is 2.29 bits per heavy atom. The maximum absolute atomic E-state index is 13.5. The van der Waals surface area contributed by atoms with E-state index in [4.69, 9.17) is 9.72 Å². The number of hydrogen-bond acceptors (Lipinski definition) is 8. The Kier molecular flexibility index (Phi) is 7.15. The molecule has 218 valence electrons. The highest BCUT2D eigenvalue weighted by Crippen LogP contribution is 2.34. The Balaban J connectivity index is 1.28. The van der Waals surface area contributed by atoms with Crippen LogP contribution in [0.1, 0.15) is 18.9 Å². The Bertz CT molecular complexity index is 1780. The monoisotopic (exact) mass is 571 g/mol. The van der Waals surface area contributed by atoms with E-state index in [0.717, 1.165) is 10.1 Å². The molecule has 0 N–H and O–H groups in total. The summed E-state index contributed by atoms with van der Waals surface area (Å²) >= 11 is 0. The van der Waals surface area contributed by atoms with Crippen LogP contribution in [0.5, 0.6) is 5.75 Å². The molecule has 42 heavy (non-hydrogen) atoms. The van der Waals surface area contributed by atoms with Crippen LogP contribution in [0.25, 0.3) is 11.2 Å². The van der Waals surface area contributed by atoms with Crippen molar-refractivity contribution in [2.24, 2.45) is 14.1 Å². The molecule has 2 amide bonds. The van der Waals surface area contributed by atoms with E-state index in [1.165, 1.54) is 16.5 Å². The Labute approximate surface area is 241 Å². The molecule has 4 heterocycles. The number of ether oxygens (including phenoxy) is 1. The predicted octanol–water partition coefficient (Wildman–Crippen LogP) is 1.33. The number of fused-ring (bicyclic) bond motifs is 1. The highest BCUT2D eigenvalue weighted by atomic mass is 16.5. The molecule has 0 radical (unpaired) electrons. The van der Waals surface area contributed by atoms with Crippen molar-refractivity contribution < 1.29 is 14.3 Å². The quantitative estimate of drug-likeness (QED) is 0.305. The number of carbonyl (C=O) groups excluding carboxylic acids is 2. The van der Waals surface area contributed by atoms with Crippen LogP contribution in [0.3, 0.4) is 0 Å². The number of carbonyl (C=O) groups is 2. The number of piperazine rings is 1. The van der Waals surface area contributed by atoms with Crippen molar-refractivity contribution in [2.45, 2.75) is 25.9 Å². The molecule has 0 aliphatic carbocycles. The van der Waals surface area contributed by atoms with Crippen molar-refractivity contribution in [3.05, 3.63) is 81.0 Å². The first kappa shape index (κ1) is 27.5. The molecular weight excluding hydrogens is 538 g/mol. The highest BCUT2D eigenvalue weighted by Gasteiger charge is 2.44. The molecule has 2 fully saturated rings. The van der Waals surface area contributed by atoms with Gasteiger partial charge in [0.25, 0.3) is 11.5 Å². The first-order valence-corrected chi connectivity index (χ1v) is 14.1. The summed E-state index contributed by atoms with van der Waals surface area (Å²) in [6, 6.07) is 16.3. The average molecular weight is 572 g/mol. The standard InChI is InChI=1S/C30H33N7O5/c1-4-42-23-13-9-8-12-21(23)37-24(38)18-22(27(37)39)34-14-16-35(17-15-34)29-31-26-25(28(40)33(3)30(41)32(26)2)36(29)19-20-10-6-5-7-11-20/h5-13,22H,4,14-19H2,1-3H3. The van der Waals surface area contributed by atoms with Crippen LogP contribution in [0.4, 0.5) is 11.6 Å². The molecule has 2 aliphatic rings. The zero-order chi connectivity index (χ0) is 29.5. The van der Waals surface area contributed by atoms with Gasteiger partial charge in [-0.1, -0.05) is 42.5 Å². The van der Waals surface area contributed by atoms with E-state index in [1.807, 2.05) is 52.8 Å². The van der Waals surface area contributed by atoms with Crippen molar-refractivity contribution >= 4 is 34.6 Å². The van der Waals surface area contributed by atoms with Crippen LogP contribution in [0.15, 0.2) is 64.2 Å². The van der Waals surface area contributed by atoms with Crippen LogP contribution in [-0.2, 0) is 30.2 Å². The SMILES string of the molecule is CCOc1ccccc1N1C(=O)CC(N2CCN(c3nc4c(c(=O)n(C)c(=O)n4C)n3Cc3ccccc3)CC2)C1=O. The van der Waals surface area contributed by atoms with Gasteiger partial charge in [0, 0.05) is 40.3 Å². The molecule has 1 unspecified atom stereocenters. The number of imide groups is 1. The third-order valence-corrected chi connectivity index (χ3v) is 8.08. The number of para-hydroxylation sites is 2. The second kappa shape index (κ2) is 10.9. The van der Waals surface area contributed by atoms with Gasteiger partial charge in [-0.2, -0.15) is 4.98 Å². The molecule has 12 nitrogen and oxygen atoms in total. The third kappa shape index (κ3) is 4.57. The number of imidazole rings is 1. The molecule has 0 bridgehead atoms. The number of anilines is 2. The molecule has 2 aromatic heterocycles. The first-order chi connectivity index (χ1) is 20.3. The summed E-state index contributed by atoms with van der Waals surface area (Å²) < 4.78 is 10.1. The van der Waals surface area contributed by atoms with Crippen LogP contribution < -0.4 is 25.8 Å². The van der Waals surface area contributed by atoms with Crippen molar-refractivity contribution in [1.29, 1.82) is 0 Å². The smallest absolute Gasteiger partial charge is 0.332 e. The number of benzene rings is 2. The maximum Gasteiger partial charge on any atom is 0.332 e. The summed E-state index contributed by atoms with van der Waals surface area (Å²) in [5.41, 5.74) is 1.32. The first-order valence-electron chi connectivity index (χ1n) is 14.1. The number of hydrogen-bond donors (Lipinski definition) is 0. The van der Waals surface area contributed by atoms with Gasteiger partial charge >= 0.3 is 5.69 Å². The summed E-state index contributed by atoms with van der Waals surface area (Å²) in [6.45, 7) is 4.79. The van der Waals surface area contributed by atoms with E-state index in [2.05, 4.69) is 4.90 Å². The Morgan fingerprint density at radius 2 is 1.57 bits per heavy atom. The topological polar surface area (TPSA) is 115 Å². The van der Waals surface area contributed by atoms with Crippen LogP contribution in [0.2, 0.25) is 0 Å². The fourth-order valence-corrected chi connectivity index (χ4v) is 5.90. The zero-order valence-corrected chi connectivity index (χ0v) is 23.9. The number of aromatic nitrogens is 4. The van der Waals surface area contributed by atoms with Crippen molar-refractivity contribution in [2.75, 3.05) is 42.6 Å². The van der Waals surface area contributed by atoms with E-state index in [1.54, 1.807) is 25.2 Å². The predicted molar refractivity (Wildman–Crippen MR) is 158 cm³/mol. The summed E-state index contributed by atoms with van der Waals surface area (Å²) in [4.78, 5) is 62.7. The summed E-state index contributed by atoms with van der Waals surface area (Å²) in [7, 11) is 3.09. The second-order valence-corrected chi connectivity index (χ2v) is 10.6. The Morgan fingerprint density at radius 1 is 0.881 bits per heavy atom. The number of nitrogens with zero attached hydrogens (tertiary/aromatic N) is 7. The van der Waals surface area contributed by atoms with Crippen LogP contribution in [0, 0.1) is 0 Å². The van der Waals surface area contributed by atoms with Gasteiger partial charge < -0.3 is 9.64 Å². The lowest BCUT2D eigenvalue weighted by Gasteiger charge is -2.37. The van der Waals surface area contributed by atoms with E-state index in [9.17, 15) is 19.2 Å². The largest absolute Gasteiger partial charge is 0.492 e. The zero-order valence-electron chi connectivity index (χ0n) is 23.9.